The standard InChI is InChI=1S/C26H27BrNO3PS/c27-32(21-12-4-1-5-13-21,22-14-6-2-7-15-22,23-16-8-3-9-17-23)19-11-10-18-31-25(29)24-20-33-26(30)28-24/h1-9,12-17,24H,10-11,18-20H2,(H,28,30)/t24-/m0/s1. The first-order valence-electron chi connectivity index (χ1n) is 11.0. The Bertz CT molecular complexity index is 999. The molecule has 3 aromatic carbocycles. The van der Waals surface area contributed by atoms with Crippen LogP contribution < -0.4 is 21.2 Å². The minimum atomic E-state index is -2.94. The Kier molecular flexibility index (Phi) is 7.58. The monoisotopic (exact) mass is 543 g/mol. The number of benzene rings is 3. The van der Waals surface area contributed by atoms with Crippen molar-refractivity contribution in [1.82, 2.24) is 5.32 Å². The predicted molar refractivity (Wildman–Crippen MR) is 144 cm³/mol. The van der Waals surface area contributed by atoms with E-state index < -0.39 is 11.3 Å². The first kappa shape index (κ1) is 24.0. The van der Waals surface area contributed by atoms with E-state index in [1.165, 1.54) is 15.9 Å². The summed E-state index contributed by atoms with van der Waals surface area (Å²) in [6, 6.07) is 31.5. The number of rotatable bonds is 9. The van der Waals surface area contributed by atoms with Crippen molar-refractivity contribution in [3.05, 3.63) is 91.0 Å². The molecule has 1 aliphatic rings. The molecule has 1 aliphatic heterocycles. The van der Waals surface area contributed by atoms with Gasteiger partial charge in [-0.1, -0.05) is 0 Å². The van der Waals surface area contributed by atoms with Crippen LogP contribution in [0.3, 0.4) is 0 Å². The first-order chi connectivity index (χ1) is 16.0. The second-order valence-electron chi connectivity index (χ2n) is 8.08. The molecule has 1 amide bonds. The predicted octanol–water partition coefficient (Wildman–Crippen LogP) is 4.97. The fourth-order valence-corrected chi connectivity index (χ4v) is 12.9. The first-order valence-corrected chi connectivity index (χ1v) is 16.4. The molecule has 1 atom stereocenters. The quantitative estimate of drug-likeness (QED) is 0.235. The van der Waals surface area contributed by atoms with E-state index in [0.717, 1.165) is 30.8 Å². The maximum absolute atomic E-state index is 12.2. The van der Waals surface area contributed by atoms with E-state index in [0.29, 0.717) is 12.4 Å². The Morgan fingerprint density at radius 1 is 0.879 bits per heavy atom. The zero-order valence-corrected chi connectivity index (χ0v) is 21.5. The van der Waals surface area contributed by atoms with E-state index in [2.05, 4.69) is 93.6 Å². The summed E-state index contributed by atoms with van der Waals surface area (Å²) in [5.74, 6) is 0.0880. The van der Waals surface area contributed by atoms with Crippen LogP contribution in [0.2, 0.25) is 0 Å². The van der Waals surface area contributed by atoms with E-state index >= 15 is 0 Å². The van der Waals surface area contributed by atoms with Crippen molar-refractivity contribution in [2.45, 2.75) is 18.9 Å². The summed E-state index contributed by atoms with van der Waals surface area (Å²) in [4.78, 5) is 23.6. The third kappa shape index (κ3) is 4.89. The molecule has 1 fully saturated rings. The molecule has 0 bridgehead atoms. The third-order valence-electron chi connectivity index (χ3n) is 6.06. The van der Waals surface area contributed by atoms with Crippen molar-refractivity contribution in [3.8, 4) is 0 Å². The van der Waals surface area contributed by atoms with Crippen LogP contribution in [-0.4, -0.2) is 35.8 Å². The summed E-state index contributed by atoms with van der Waals surface area (Å²) in [5, 5.41) is 3.38. The SMILES string of the molecule is O=C1N[C@H](C(=O)OCCCCP(Br)(c2ccccc2)(c2ccccc2)c2ccccc2)CS1. The Hall–Kier alpha value is -2.14. The van der Waals surface area contributed by atoms with Gasteiger partial charge in [-0.25, -0.2) is 0 Å². The number of thioether (sulfide) groups is 1. The number of hydrogen-bond donors (Lipinski definition) is 1. The molecule has 0 radical (unpaired) electrons. The summed E-state index contributed by atoms with van der Waals surface area (Å²) in [6.45, 7) is 0.341. The number of carbonyl (C=O) groups is 2. The fourth-order valence-electron chi connectivity index (χ4n) is 4.35. The Balaban J connectivity index is 1.59. The number of amides is 1. The Morgan fingerprint density at radius 3 is 1.79 bits per heavy atom. The number of ether oxygens (including phenoxy) is 1. The van der Waals surface area contributed by atoms with Gasteiger partial charge in [-0.2, -0.15) is 0 Å². The Morgan fingerprint density at radius 2 is 1.36 bits per heavy atom. The summed E-state index contributed by atoms with van der Waals surface area (Å²) in [6.07, 6.45) is 2.52. The van der Waals surface area contributed by atoms with E-state index in [-0.39, 0.29) is 11.2 Å². The fraction of sp³-hybridized carbons (Fsp3) is 0.231. The van der Waals surface area contributed by atoms with Gasteiger partial charge in [-0.15, -0.1) is 0 Å². The van der Waals surface area contributed by atoms with Crippen molar-refractivity contribution < 1.29 is 14.3 Å². The van der Waals surface area contributed by atoms with Crippen molar-refractivity contribution in [2.24, 2.45) is 0 Å². The normalized spacial score (nSPS) is 17.1. The van der Waals surface area contributed by atoms with E-state index in [1.807, 2.05) is 18.2 Å². The zero-order valence-electron chi connectivity index (χ0n) is 18.2. The third-order valence-corrected chi connectivity index (χ3v) is 17.0. The van der Waals surface area contributed by atoms with Crippen LogP contribution in [0.1, 0.15) is 12.8 Å². The van der Waals surface area contributed by atoms with Gasteiger partial charge in [-0.05, 0) is 0 Å². The van der Waals surface area contributed by atoms with Crippen LogP contribution in [0.5, 0.6) is 0 Å². The average Bonchev–Trinajstić information content (AvgIpc) is 3.32. The molecule has 172 valence electrons. The number of unbranched alkanes of at least 4 members (excludes halogenated alkanes) is 1. The molecule has 7 heteroatoms. The number of esters is 1. The second-order valence-corrected chi connectivity index (χ2v) is 18.1. The summed E-state index contributed by atoms with van der Waals surface area (Å²) in [7, 11) is 0. The van der Waals surface area contributed by atoms with E-state index in [4.69, 9.17) is 4.74 Å². The molecule has 0 saturated carbocycles. The van der Waals surface area contributed by atoms with Gasteiger partial charge in [0.15, 0.2) is 0 Å². The van der Waals surface area contributed by atoms with Gasteiger partial charge in [0.05, 0.1) is 0 Å². The molecule has 3 aromatic rings. The van der Waals surface area contributed by atoms with Gasteiger partial charge in [0.2, 0.25) is 0 Å². The van der Waals surface area contributed by atoms with E-state index in [1.54, 1.807) is 0 Å². The molecule has 1 heterocycles. The zero-order chi connectivity index (χ0) is 23.2. The van der Waals surface area contributed by atoms with E-state index in [9.17, 15) is 9.59 Å². The van der Waals surface area contributed by atoms with Gasteiger partial charge in [0.25, 0.3) is 0 Å². The van der Waals surface area contributed by atoms with Crippen LogP contribution in [0.25, 0.3) is 0 Å². The molecule has 33 heavy (non-hydrogen) atoms. The molecule has 0 aliphatic carbocycles. The molecule has 4 nitrogen and oxygen atoms in total. The summed E-state index contributed by atoms with van der Waals surface area (Å²) in [5.41, 5.74) is 0. The van der Waals surface area contributed by atoms with Crippen LogP contribution >= 0.6 is 32.6 Å². The molecule has 0 aromatic heterocycles. The Labute approximate surface area is 207 Å². The molecule has 0 spiro atoms. The van der Waals surface area contributed by atoms with Gasteiger partial charge < -0.3 is 0 Å². The molecular weight excluding hydrogens is 517 g/mol. The molecule has 1 N–H and O–H groups in total. The number of nitrogens with one attached hydrogen (secondary N) is 1. The molecule has 0 unspecified atom stereocenters. The van der Waals surface area contributed by atoms with Crippen LogP contribution in [0, 0.1) is 0 Å². The average molecular weight is 544 g/mol. The number of hydrogen-bond acceptors (Lipinski definition) is 4. The molecular formula is C26H27BrNO3PS. The number of halogens is 1. The van der Waals surface area contributed by atoms with Crippen molar-refractivity contribution >= 4 is 59.7 Å². The van der Waals surface area contributed by atoms with Crippen LogP contribution in [0.4, 0.5) is 4.79 Å². The topological polar surface area (TPSA) is 55.4 Å². The van der Waals surface area contributed by atoms with Crippen LogP contribution in [-0.2, 0) is 9.53 Å². The van der Waals surface area contributed by atoms with Gasteiger partial charge >= 0.3 is 208 Å². The van der Waals surface area contributed by atoms with Crippen molar-refractivity contribution in [1.29, 1.82) is 0 Å². The van der Waals surface area contributed by atoms with Gasteiger partial charge in [-0.3, -0.25) is 0 Å². The van der Waals surface area contributed by atoms with Gasteiger partial charge in [0, 0.05) is 0 Å². The van der Waals surface area contributed by atoms with Crippen LogP contribution in [0.15, 0.2) is 91.0 Å². The number of carbonyl (C=O) groups excluding carboxylic acids is 2. The molecule has 4 rings (SSSR count). The second kappa shape index (κ2) is 10.4. The maximum atomic E-state index is 12.2. The van der Waals surface area contributed by atoms with Crippen molar-refractivity contribution in [2.75, 3.05) is 18.5 Å². The van der Waals surface area contributed by atoms with Crippen molar-refractivity contribution in [3.63, 3.8) is 0 Å². The van der Waals surface area contributed by atoms with Gasteiger partial charge in [0.1, 0.15) is 0 Å². The molecule has 1 saturated heterocycles. The minimum absolute atomic E-state index is 0.165. The summed E-state index contributed by atoms with van der Waals surface area (Å²) < 4.78 is 5.47. The summed E-state index contributed by atoms with van der Waals surface area (Å²) >= 11 is 5.55.